The van der Waals surface area contributed by atoms with E-state index >= 15 is 0 Å². The monoisotopic (exact) mass is 301 g/mol. The summed E-state index contributed by atoms with van der Waals surface area (Å²) < 4.78 is 1.86. The molecule has 0 aliphatic heterocycles. The second-order valence-corrected chi connectivity index (χ2v) is 6.58. The average molecular weight is 302 g/mol. The minimum atomic E-state index is 0.340. The fourth-order valence-corrected chi connectivity index (χ4v) is 3.04. The lowest BCUT2D eigenvalue weighted by Gasteiger charge is -2.32. The van der Waals surface area contributed by atoms with E-state index in [-0.39, 0.29) is 0 Å². The van der Waals surface area contributed by atoms with Gasteiger partial charge in [-0.15, -0.1) is 0 Å². The largest absolute Gasteiger partial charge is 0.302 e. The van der Waals surface area contributed by atoms with Gasteiger partial charge in [-0.25, -0.2) is 0 Å². The van der Waals surface area contributed by atoms with Gasteiger partial charge in [0.15, 0.2) is 0 Å². The van der Waals surface area contributed by atoms with Crippen molar-refractivity contribution in [3.05, 3.63) is 18.0 Å². The Morgan fingerprint density at radius 1 is 1.47 bits per heavy atom. The lowest BCUT2D eigenvalue weighted by molar-refractivity contribution is 0.183. The summed E-state index contributed by atoms with van der Waals surface area (Å²) in [6.07, 6.45) is 4.02. The third-order valence-electron chi connectivity index (χ3n) is 3.15. The highest BCUT2D eigenvalue weighted by Crippen LogP contribution is 2.28. The van der Waals surface area contributed by atoms with Gasteiger partial charge >= 0.3 is 0 Å². The van der Waals surface area contributed by atoms with E-state index in [4.69, 9.17) is 0 Å². The molecule has 4 heteroatoms. The van der Waals surface area contributed by atoms with Crippen LogP contribution in [-0.4, -0.2) is 33.6 Å². The lowest BCUT2D eigenvalue weighted by atomic mass is 9.82. The fraction of sp³-hybridized carbons (Fsp3) is 0.769. The molecule has 3 nitrogen and oxygen atoms in total. The smallest absolute Gasteiger partial charge is 0.0534 e. The van der Waals surface area contributed by atoms with Crippen LogP contribution in [0.5, 0.6) is 0 Å². The summed E-state index contributed by atoms with van der Waals surface area (Å²) in [5, 5.41) is 5.25. The van der Waals surface area contributed by atoms with Crippen LogP contribution in [0, 0.1) is 11.3 Å². The van der Waals surface area contributed by atoms with E-state index in [0.717, 1.165) is 18.4 Å². The summed E-state index contributed by atoms with van der Waals surface area (Å²) in [4.78, 5) is 2.37. The van der Waals surface area contributed by atoms with Crippen molar-refractivity contribution < 1.29 is 0 Å². The van der Waals surface area contributed by atoms with E-state index < -0.39 is 0 Å². The molecule has 0 saturated heterocycles. The Hall–Kier alpha value is -0.350. The van der Waals surface area contributed by atoms with Gasteiger partial charge in [0.2, 0.25) is 0 Å². The molecule has 0 fully saturated rings. The van der Waals surface area contributed by atoms with Crippen molar-refractivity contribution in [1.29, 1.82) is 0 Å². The van der Waals surface area contributed by atoms with E-state index in [1.54, 1.807) is 0 Å². The van der Waals surface area contributed by atoms with E-state index in [1.807, 2.05) is 17.9 Å². The maximum absolute atomic E-state index is 4.20. The molecule has 0 amide bonds. The molecule has 0 saturated carbocycles. The summed E-state index contributed by atoms with van der Waals surface area (Å²) in [5.74, 6) is 0.657. The zero-order chi connectivity index (χ0) is 13.1. The fourth-order valence-electron chi connectivity index (χ4n) is 1.86. The Morgan fingerprint density at radius 3 is 2.53 bits per heavy atom. The highest BCUT2D eigenvalue weighted by molar-refractivity contribution is 9.09. The second kappa shape index (κ2) is 6.01. The van der Waals surface area contributed by atoms with Gasteiger partial charge in [-0.3, -0.25) is 4.68 Å². The number of aromatic nitrogens is 2. The summed E-state index contributed by atoms with van der Waals surface area (Å²) in [6, 6.07) is 0. The van der Waals surface area contributed by atoms with Crippen LogP contribution < -0.4 is 0 Å². The van der Waals surface area contributed by atoms with Crippen LogP contribution in [-0.2, 0) is 13.6 Å². The number of hydrogen-bond donors (Lipinski definition) is 0. The van der Waals surface area contributed by atoms with Crippen molar-refractivity contribution >= 4 is 15.9 Å². The molecule has 1 atom stereocenters. The third-order valence-corrected chi connectivity index (χ3v) is 3.94. The Bertz CT molecular complexity index is 341. The molecular weight excluding hydrogens is 278 g/mol. The molecule has 1 aromatic rings. The second-order valence-electron chi connectivity index (χ2n) is 5.94. The Balaban J connectivity index is 2.51. The van der Waals surface area contributed by atoms with Crippen molar-refractivity contribution in [3.8, 4) is 0 Å². The zero-order valence-corrected chi connectivity index (χ0v) is 13.2. The topological polar surface area (TPSA) is 21.1 Å². The molecule has 0 bridgehead atoms. The van der Waals surface area contributed by atoms with Gasteiger partial charge in [0.05, 0.1) is 6.20 Å². The summed E-state index contributed by atoms with van der Waals surface area (Å²) in [5.41, 5.74) is 1.62. The standard InChI is InChI=1S/C13H24BrN3/c1-13(2,3)12(6-14)10-16(4)8-11-7-15-17(5)9-11/h7,9,12H,6,8,10H2,1-5H3. The zero-order valence-electron chi connectivity index (χ0n) is 11.6. The molecule has 1 aromatic heterocycles. The van der Waals surface area contributed by atoms with Gasteiger partial charge in [-0.2, -0.15) is 5.10 Å². The van der Waals surface area contributed by atoms with E-state index in [2.05, 4.69) is 59.9 Å². The highest BCUT2D eigenvalue weighted by atomic mass is 79.9. The normalized spacial score (nSPS) is 14.3. The van der Waals surface area contributed by atoms with Crippen molar-refractivity contribution in [2.45, 2.75) is 27.3 Å². The van der Waals surface area contributed by atoms with Crippen LogP contribution >= 0.6 is 15.9 Å². The van der Waals surface area contributed by atoms with Crippen LogP contribution in [0.25, 0.3) is 0 Å². The quantitative estimate of drug-likeness (QED) is 0.780. The van der Waals surface area contributed by atoms with Crippen LogP contribution in [0.1, 0.15) is 26.3 Å². The average Bonchev–Trinajstić information content (AvgIpc) is 2.58. The minimum absolute atomic E-state index is 0.340. The molecule has 0 radical (unpaired) electrons. The molecule has 1 unspecified atom stereocenters. The van der Waals surface area contributed by atoms with Gasteiger partial charge < -0.3 is 4.90 Å². The van der Waals surface area contributed by atoms with Crippen molar-refractivity contribution in [2.75, 3.05) is 18.9 Å². The predicted octanol–water partition coefficient (Wildman–Crippen LogP) is 2.91. The Kier molecular flexibility index (Phi) is 5.20. The molecule has 1 heterocycles. The maximum Gasteiger partial charge on any atom is 0.0534 e. The number of rotatable bonds is 5. The number of halogens is 1. The number of alkyl halides is 1. The molecule has 0 aromatic carbocycles. The molecule has 1 rings (SSSR count). The maximum atomic E-state index is 4.20. The number of aryl methyl sites for hydroxylation is 1. The van der Waals surface area contributed by atoms with Crippen molar-refractivity contribution in [3.63, 3.8) is 0 Å². The molecule has 0 aliphatic rings. The number of nitrogens with zero attached hydrogens (tertiary/aromatic N) is 3. The Morgan fingerprint density at radius 2 is 2.12 bits per heavy atom. The van der Waals surface area contributed by atoms with Crippen LogP contribution in [0.15, 0.2) is 12.4 Å². The first-order valence-electron chi connectivity index (χ1n) is 6.05. The van der Waals surface area contributed by atoms with Crippen molar-refractivity contribution in [2.24, 2.45) is 18.4 Å². The molecule has 0 spiro atoms. The summed E-state index contributed by atoms with van der Waals surface area (Å²) in [7, 11) is 4.13. The molecule has 98 valence electrons. The molecular formula is C13H24BrN3. The van der Waals surface area contributed by atoms with Gasteiger partial charge in [0.25, 0.3) is 0 Å². The molecule has 0 aliphatic carbocycles. The SMILES string of the molecule is CN(Cc1cnn(C)c1)CC(CBr)C(C)(C)C. The van der Waals surface area contributed by atoms with E-state index in [0.29, 0.717) is 11.3 Å². The van der Waals surface area contributed by atoms with E-state index in [9.17, 15) is 0 Å². The van der Waals surface area contributed by atoms with Gasteiger partial charge in [0, 0.05) is 37.2 Å². The van der Waals surface area contributed by atoms with Crippen LogP contribution in [0.3, 0.4) is 0 Å². The first kappa shape index (κ1) is 14.7. The minimum Gasteiger partial charge on any atom is -0.302 e. The van der Waals surface area contributed by atoms with Crippen LogP contribution in [0.4, 0.5) is 0 Å². The van der Waals surface area contributed by atoms with Gasteiger partial charge in [0.1, 0.15) is 0 Å². The lowest BCUT2D eigenvalue weighted by Crippen LogP contribution is -2.34. The summed E-state index contributed by atoms with van der Waals surface area (Å²) >= 11 is 3.63. The van der Waals surface area contributed by atoms with Crippen molar-refractivity contribution in [1.82, 2.24) is 14.7 Å². The summed E-state index contributed by atoms with van der Waals surface area (Å²) in [6.45, 7) is 8.97. The van der Waals surface area contributed by atoms with E-state index in [1.165, 1.54) is 5.56 Å². The Labute approximate surface area is 113 Å². The third kappa shape index (κ3) is 4.80. The van der Waals surface area contributed by atoms with Gasteiger partial charge in [-0.1, -0.05) is 36.7 Å². The van der Waals surface area contributed by atoms with Crippen LogP contribution in [0.2, 0.25) is 0 Å². The predicted molar refractivity (Wildman–Crippen MR) is 76.3 cm³/mol. The van der Waals surface area contributed by atoms with Gasteiger partial charge in [-0.05, 0) is 18.4 Å². The first-order chi connectivity index (χ1) is 7.82. The molecule has 17 heavy (non-hydrogen) atoms. The number of hydrogen-bond acceptors (Lipinski definition) is 2. The first-order valence-corrected chi connectivity index (χ1v) is 7.17. The molecule has 0 N–H and O–H groups in total. The highest BCUT2D eigenvalue weighted by Gasteiger charge is 2.24.